The van der Waals surface area contributed by atoms with E-state index in [4.69, 9.17) is 24.7 Å². The molecule has 0 saturated carbocycles. The Morgan fingerprint density at radius 2 is 1.67 bits per heavy atom. The number of anilines is 1. The second-order valence-electron chi connectivity index (χ2n) is 12.1. The first-order valence-electron chi connectivity index (χ1n) is 14.8. The lowest BCUT2D eigenvalue weighted by Crippen LogP contribution is -2.44. The molecule has 0 bridgehead atoms. The Bertz CT molecular complexity index is 1670. The number of aryl methyl sites for hydroxylation is 1. The van der Waals surface area contributed by atoms with E-state index in [9.17, 15) is 22.8 Å². The Morgan fingerprint density at radius 3 is 2.30 bits per heavy atom. The normalized spacial score (nSPS) is 20.7. The SMILES string of the molecule is CC(=O)O[C@@H]1[C@H](OC(C)=O)[C@@H](CCCC[C@H](NS(=O)(=O)c2ccc(C)cc2)C(=O)OC(C)(C)C)O[C@H]1n1cnc2c(N)ncnc21. The van der Waals surface area contributed by atoms with Crippen molar-refractivity contribution in [1.29, 1.82) is 0 Å². The van der Waals surface area contributed by atoms with E-state index in [1.807, 2.05) is 6.92 Å². The van der Waals surface area contributed by atoms with E-state index in [0.29, 0.717) is 30.4 Å². The van der Waals surface area contributed by atoms with Gasteiger partial charge in [0, 0.05) is 13.8 Å². The van der Waals surface area contributed by atoms with Gasteiger partial charge in [-0.25, -0.2) is 23.4 Å². The molecular weight excluding hydrogens is 620 g/mol. The van der Waals surface area contributed by atoms with E-state index in [1.165, 1.54) is 43.2 Å². The van der Waals surface area contributed by atoms with Crippen molar-refractivity contribution in [2.75, 3.05) is 5.73 Å². The quantitative estimate of drug-likeness (QED) is 0.163. The highest BCUT2D eigenvalue weighted by atomic mass is 32.2. The van der Waals surface area contributed by atoms with Crippen molar-refractivity contribution in [3.8, 4) is 0 Å². The average molecular weight is 661 g/mol. The van der Waals surface area contributed by atoms with Gasteiger partial charge in [-0.2, -0.15) is 4.72 Å². The molecule has 0 spiro atoms. The molecule has 1 saturated heterocycles. The van der Waals surface area contributed by atoms with Crippen molar-refractivity contribution in [2.45, 2.75) is 108 Å². The van der Waals surface area contributed by atoms with E-state index in [2.05, 4.69) is 19.7 Å². The predicted molar refractivity (Wildman–Crippen MR) is 164 cm³/mol. The largest absolute Gasteiger partial charge is 0.459 e. The Hall–Kier alpha value is -4.15. The minimum absolute atomic E-state index is 0.0249. The predicted octanol–water partition coefficient (Wildman–Crippen LogP) is 2.73. The van der Waals surface area contributed by atoms with Crippen LogP contribution in [0.25, 0.3) is 11.2 Å². The average Bonchev–Trinajstić information content (AvgIpc) is 3.51. The molecule has 3 heterocycles. The van der Waals surface area contributed by atoms with Gasteiger partial charge in [0.05, 0.1) is 11.2 Å². The second kappa shape index (κ2) is 14.1. The number of nitrogens with zero attached hydrogens (tertiary/aromatic N) is 4. The van der Waals surface area contributed by atoms with Gasteiger partial charge >= 0.3 is 17.9 Å². The molecule has 5 atom stereocenters. The summed E-state index contributed by atoms with van der Waals surface area (Å²) in [4.78, 5) is 49.8. The third kappa shape index (κ3) is 8.55. The number of sulfonamides is 1. The fourth-order valence-corrected chi connectivity index (χ4v) is 6.36. The first kappa shape index (κ1) is 34.7. The van der Waals surface area contributed by atoms with E-state index < -0.39 is 64.1 Å². The zero-order valence-electron chi connectivity index (χ0n) is 26.6. The van der Waals surface area contributed by atoms with Gasteiger partial charge in [0.1, 0.15) is 29.6 Å². The number of unbranched alkanes of at least 4 members (excludes halogenated alkanes) is 1. The molecular formula is C30H40N6O9S. The molecule has 1 aliphatic heterocycles. The highest BCUT2D eigenvalue weighted by Gasteiger charge is 2.50. The topological polar surface area (TPSA) is 204 Å². The number of nitrogens with two attached hydrogens (primary N) is 1. The van der Waals surface area contributed by atoms with Crippen LogP contribution in [0.3, 0.4) is 0 Å². The number of rotatable bonds is 12. The maximum absolute atomic E-state index is 13.1. The lowest BCUT2D eigenvalue weighted by molar-refractivity contribution is -0.165. The van der Waals surface area contributed by atoms with Crippen LogP contribution in [0.5, 0.6) is 0 Å². The Morgan fingerprint density at radius 1 is 1.02 bits per heavy atom. The van der Waals surface area contributed by atoms with Crippen LogP contribution >= 0.6 is 0 Å². The number of benzene rings is 1. The fraction of sp³-hybridized carbons (Fsp3) is 0.533. The molecule has 0 unspecified atom stereocenters. The molecule has 0 radical (unpaired) electrons. The van der Waals surface area contributed by atoms with Crippen LogP contribution < -0.4 is 10.5 Å². The number of aromatic nitrogens is 4. The van der Waals surface area contributed by atoms with Gasteiger partial charge in [0.15, 0.2) is 29.9 Å². The molecule has 46 heavy (non-hydrogen) atoms. The fourth-order valence-electron chi connectivity index (χ4n) is 5.14. The molecule has 15 nitrogen and oxygen atoms in total. The summed E-state index contributed by atoms with van der Waals surface area (Å²) in [6, 6.07) is 5.11. The Labute approximate surface area is 267 Å². The summed E-state index contributed by atoms with van der Waals surface area (Å²) in [6.45, 7) is 9.40. The maximum Gasteiger partial charge on any atom is 0.324 e. The van der Waals surface area contributed by atoms with Crippen LogP contribution in [-0.4, -0.2) is 75.8 Å². The van der Waals surface area contributed by atoms with E-state index >= 15 is 0 Å². The molecule has 3 aromatic rings. The van der Waals surface area contributed by atoms with E-state index in [-0.39, 0.29) is 17.1 Å². The highest BCUT2D eigenvalue weighted by molar-refractivity contribution is 7.89. The van der Waals surface area contributed by atoms with Gasteiger partial charge < -0.3 is 24.7 Å². The van der Waals surface area contributed by atoms with Gasteiger partial charge in [0.2, 0.25) is 10.0 Å². The third-order valence-electron chi connectivity index (χ3n) is 7.10. The molecule has 4 rings (SSSR count). The molecule has 3 N–H and O–H groups in total. The van der Waals surface area contributed by atoms with E-state index in [0.717, 1.165) is 5.56 Å². The number of hydrogen-bond donors (Lipinski definition) is 2. The number of hydrogen-bond acceptors (Lipinski definition) is 13. The zero-order valence-corrected chi connectivity index (χ0v) is 27.4. The summed E-state index contributed by atoms with van der Waals surface area (Å²) in [5.41, 5.74) is 6.65. The zero-order chi connectivity index (χ0) is 33.8. The number of nitrogens with one attached hydrogen (secondary N) is 1. The minimum atomic E-state index is -4.03. The number of imidazole rings is 1. The van der Waals surface area contributed by atoms with Crippen LogP contribution in [0, 0.1) is 6.92 Å². The molecule has 2 aromatic heterocycles. The van der Waals surface area contributed by atoms with Crippen molar-refractivity contribution < 1.29 is 41.7 Å². The standard InChI is InChI=1S/C30H40N6O9S/c1-17-11-13-20(14-12-17)46(40,41)35-21(29(39)45-30(4,5)6)9-7-8-10-22-24(42-18(2)37)25(43-19(3)38)28(44-22)36-16-34-23-26(31)32-15-33-27(23)36/h11-16,21-22,24-25,28,35H,7-10H2,1-6H3,(H2,31,32,33)/t21-,22+,24+,25+,28+/m0/s1. The number of carbonyl (C=O) groups is 3. The highest BCUT2D eigenvalue weighted by Crippen LogP contribution is 2.38. The van der Waals surface area contributed by atoms with Gasteiger partial charge in [-0.3, -0.25) is 19.0 Å². The number of esters is 3. The molecule has 1 fully saturated rings. The molecule has 1 aromatic carbocycles. The minimum Gasteiger partial charge on any atom is -0.459 e. The number of nitrogen functional groups attached to an aromatic ring is 1. The lowest BCUT2D eigenvalue weighted by Gasteiger charge is -2.25. The van der Waals surface area contributed by atoms with E-state index in [1.54, 1.807) is 32.9 Å². The maximum atomic E-state index is 13.1. The number of fused-ring (bicyclic) bond motifs is 1. The summed E-state index contributed by atoms with van der Waals surface area (Å²) < 4.78 is 53.3. The van der Waals surface area contributed by atoms with Crippen LogP contribution in [0.4, 0.5) is 5.82 Å². The van der Waals surface area contributed by atoms with Gasteiger partial charge in [-0.1, -0.05) is 30.5 Å². The molecule has 250 valence electrons. The van der Waals surface area contributed by atoms with Crippen molar-refractivity contribution in [1.82, 2.24) is 24.2 Å². The summed E-state index contributed by atoms with van der Waals surface area (Å²) >= 11 is 0. The summed E-state index contributed by atoms with van der Waals surface area (Å²) in [5.74, 6) is -1.78. The summed E-state index contributed by atoms with van der Waals surface area (Å²) in [6.07, 6.45) is 0.177. The monoisotopic (exact) mass is 660 g/mol. The number of ether oxygens (including phenoxy) is 4. The molecule has 0 aliphatic carbocycles. The van der Waals surface area contributed by atoms with Gasteiger partial charge in [0.25, 0.3) is 0 Å². The van der Waals surface area contributed by atoms with Crippen molar-refractivity contribution in [2.24, 2.45) is 0 Å². The van der Waals surface area contributed by atoms with Crippen LogP contribution in [0.2, 0.25) is 0 Å². The van der Waals surface area contributed by atoms with Crippen molar-refractivity contribution in [3.63, 3.8) is 0 Å². The van der Waals surface area contributed by atoms with Crippen LogP contribution in [0.15, 0.2) is 41.8 Å². The first-order valence-corrected chi connectivity index (χ1v) is 16.3. The summed E-state index contributed by atoms with van der Waals surface area (Å²) in [7, 11) is -4.03. The molecule has 1 aliphatic rings. The Balaban J connectivity index is 1.51. The third-order valence-corrected chi connectivity index (χ3v) is 8.59. The van der Waals surface area contributed by atoms with Crippen molar-refractivity contribution in [3.05, 3.63) is 42.5 Å². The van der Waals surface area contributed by atoms with Gasteiger partial charge in [-0.15, -0.1) is 0 Å². The second-order valence-corrected chi connectivity index (χ2v) is 13.8. The Kier molecular flexibility index (Phi) is 10.6. The molecule has 0 amide bonds. The van der Waals surface area contributed by atoms with Crippen molar-refractivity contribution >= 4 is 44.9 Å². The first-order chi connectivity index (χ1) is 21.6. The van der Waals surface area contributed by atoms with Gasteiger partial charge in [-0.05, 0) is 52.7 Å². The van der Waals surface area contributed by atoms with Crippen LogP contribution in [0.1, 0.15) is 72.1 Å². The molecule has 16 heteroatoms. The summed E-state index contributed by atoms with van der Waals surface area (Å²) in [5, 5.41) is 0. The van der Waals surface area contributed by atoms with Crippen LogP contribution in [-0.2, 0) is 43.4 Å². The lowest BCUT2D eigenvalue weighted by atomic mass is 10.0. The number of carbonyl (C=O) groups excluding carboxylic acids is 3. The smallest absolute Gasteiger partial charge is 0.324 e.